The number of nitrogens with zero attached hydrogens (tertiary/aromatic N) is 4. The van der Waals surface area contributed by atoms with E-state index in [1.165, 1.54) is 5.69 Å². The van der Waals surface area contributed by atoms with Crippen LogP contribution in [0.1, 0.15) is 23.4 Å². The molecule has 0 bridgehead atoms. The number of nitrogens with one attached hydrogen (secondary N) is 1. The monoisotopic (exact) mass is 349 g/mol. The topological polar surface area (TPSA) is 55.2 Å². The normalized spacial score (nSPS) is 14.9. The van der Waals surface area contributed by atoms with Crippen LogP contribution in [0.4, 0.5) is 11.4 Å². The molecule has 1 aliphatic rings. The molecule has 0 aliphatic carbocycles. The summed E-state index contributed by atoms with van der Waals surface area (Å²) in [6.45, 7) is 10.2. The Morgan fingerprint density at radius 3 is 2.54 bits per heavy atom. The molecule has 0 spiro atoms. The molecule has 1 saturated heterocycles. The van der Waals surface area contributed by atoms with E-state index in [0.717, 1.165) is 62.8 Å². The predicted octanol–water partition coefficient (Wildman–Crippen LogP) is 3.19. The Bertz CT molecular complexity index is 758. The summed E-state index contributed by atoms with van der Waals surface area (Å²) in [5.41, 5.74) is 4.63. The summed E-state index contributed by atoms with van der Waals surface area (Å²) in [7, 11) is 0. The average Bonchev–Trinajstić information content (AvgIpc) is 2.66. The average molecular weight is 349 g/mol. The van der Waals surface area contributed by atoms with E-state index in [4.69, 9.17) is 0 Å². The first-order valence-electron chi connectivity index (χ1n) is 9.32. The van der Waals surface area contributed by atoms with Gasteiger partial charge in [-0.05, 0) is 45.0 Å². The van der Waals surface area contributed by atoms with E-state index >= 15 is 0 Å². The van der Waals surface area contributed by atoms with Crippen molar-refractivity contribution in [3.8, 4) is 6.07 Å². The fourth-order valence-corrected chi connectivity index (χ4v) is 3.50. The van der Waals surface area contributed by atoms with Crippen molar-refractivity contribution >= 4 is 11.4 Å². The molecule has 5 heteroatoms. The van der Waals surface area contributed by atoms with Gasteiger partial charge in [0.05, 0.1) is 16.9 Å². The molecule has 2 aromatic rings. The van der Waals surface area contributed by atoms with Gasteiger partial charge >= 0.3 is 0 Å². The second-order valence-corrected chi connectivity index (χ2v) is 6.83. The third-order valence-electron chi connectivity index (χ3n) is 4.90. The van der Waals surface area contributed by atoms with Crippen LogP contribution in [0, 0.1) is 25.2 Å². The highest BCUT2D eigenvalue weighted by molar-refractivity contribution is 5.59. The third kappa shape index (κ3) is 4.53. The van der Waals surface area contributed by atoms with Crippen LogP contribution >= 0.6 is 0 Å². The Hall–Kier alpha value is -2.58. The molecule has 2 heterocycles. The number of anilines is 2. The van der Waals surface area contributed by atoms with Gasteiger partial charge in [0.25, 0.3) is 0 Å². The summed E-state index contributed by atoms with van der Waals surface area (Å²) in [5.74, 6) is 0. The fraction of sp³-hybridized carbons (Fsp3) is 0.429. The molecule has 0 saturated carbocycles. The smallest absolute Gasteiger partial charge is 0.103 e. The maximum absolute atomic E-state index is 9.33. The molecule has 3 rings (SSSR count). The van der Waals surface area contributed by atoms with E-state index in [2.05, 4.69) is 56.5 Å². The molecule has 5 nitrogen and oxygen atoms in total. The molecule has 1 aromatic heterocycles. The zero-order valence-corrected chi connectivity index (χ0v) is 15.7. The van der Waals surface area contributed by atoms with Gasteiger partial charge in [0.1, 0.15) is 6.07 Å². The van der Waals surface area contributed by atoms with E-state index < -0.39 is 0 Å². The lowest BCUT2D eigenvalue weighted by Crippen LogP contribution is -2.46. The van der Waals surface area contributed by atoms with Gasteiger partial charge in [-0.25, -0.2) is 0 Å². The first-order valence-corrected chi connectivity index (χ1v) is 9.32. The van der Waals surface area contributed by atoms with E-state index in [1.54, 1.807) is 0 Å². The minimum absolute atomic E-state index is 0.659. The second kappa shape index (κ2) is 8.68. The van der Waals surface area contributed by atoms with Crippen LogP contribution in [0.3, 0.4) is 0 Å². The highest BCUT2D eigenvalue weighted by Crippen LogP contribution is 2.19. The summed E-state index contributed by atoms with van der Waals surface area (Å²) in [6, 6.07) is 14.9. The predicted molar refractivity (Wildman–Crippen MR) is 107 cm³/mol. The van der Waals surface area contributed by atoms with Crippen molar-refractivity contribution in [2.24, 2.45) is 0 Å². The highest BCUT2D eigenvalue weighted by atomic mass is 15.3. The molecular formula is C21H27N5. The summed E-state index contributed by atoms with van der Waals surface area (Å²) in [6.07, 6.45) is 1.07. The lowest BCUT2D eigenvalue weighted by Gasteiger charge is -2.36. The highest BCUT2D eigenvalue weighted by Gasteiger charge is 2.16. The number of nitriles is 1. The van der Waals surface area contributed by atoms with Gasteiger partial charge in [0.2, 0.25) is 0 Å². The summed E-state index contributed by atoms with van der Waals surface area (Å²) >= 11 is 0. The number of aromatic nitrogens is 1. The molecule has 1 fully saturated rings. The van der Waals surface area contributed by atoms with Crippen molar-refractivity contribution in [3.05, 3.63) is 53.3 Å². The summed E-state index contributed by atoms with van der Waals surface area (Å²) < 4.78 is 0. The van der Waals surface area contributed by atoms with Gasteiger partial charge in [-0.2, -0.15) is 5.26 Å². The van der Waals surface area contributed by atoms with Crippen molar-refractivity contribution < 1.29 is 0 Å². The maximum Gasteiger partial charge on any atom is 0.103 e. The zero-order valence-electron chi connectivity index (χ0n) is 15.7. The molecule has 0 atom stereocenters. The largest absolute Gasteiger partial charge is 0.384 e. The standard InChI is InChI=1S/C21H27N5/c1-17-15-21(20(16-22)18(2)24-17)23-9-6-10-25-11-13-26(14-12-25)19-7-4-3-5-8-19/h3-5,7-8,15H,6,9-14H2,1-2H3,(H,23,24). The maximum atomic E-state index is 9.33. The quantitative estimate of drug-likeness (QED) is 0.812. The van der Waals surface area contributed by atoms with E-state index in [0.29, 0.717) is 5.56 Å². The lowest BCUT2D eigenvalue weighted by molar-refractivity contribution is 0.257. The molecule has 136 valence electrons. The lowest BCUT2D eigenvalue weighted by atomic mass is 10.1. The number of rotatable bonds is 6. The number of piperazine rings is 1. The van der Waals surface area contributed by atoms with E-state index in [9.17, 15) is 5.26 Å². The Morgan fingerprint density at radius 1 is 1.12 bits per heavy atom. The Morgan fingerprint density at radius 2 is 1.85 bits per heavy atom. The first kappa shape index (κ1) is 18.2. The summed E-state index contributed by atoms with van der Waals surface area (Å²) in [4.78, 5) is 9.34. The Kier molecular flexibility index (Phi) is 6.08. The van der Waals surface area contributed by atoms with Crippen LogP contribution in [0.25, 0.3) is 0 Å². The second-order valence-electron chi connectivity index (χ2n) is 6.83. The van der Waals surface area contributed by atoms with Crippen molar-refractivity contribution in [2.75, 3.05) is 49.5 Å². The first-order chi connectivity index (χ1) is 12.7. The van der Waals surface area contributed by atoms with Gasteiger partial charge < -0.3 is 10.2 Å². The number of para-hydroxylation sites is 1. The van der Waals surface area contributed by atoms with Crippen LogP contribution < -0.4 is 10.2 Å². The van der Waals surface area contributed by atoms with Gasteiger partial charge in [0.15, 0.2) is 0 Å². The van der Waals surface area contributed by atoms with E-state index in [1.807, 2.05) is 19.9 Å². The van der Waals surface area contributed by atoms with Crippen LogP contribution in [0.2, 0.25) is 0 Å². The number of hydrogen-bond acceptors (Lipinski definition) is 5. The van der Waals surface area contributed by atoms with Gasteiger partial charge in [-0.3, -0.25) is 9.88 Å². The van der Waals surface area contributed by atoms with Crippen molar-refractivity contribution in [2.45, 2.75) is 20.3 Å². The number of aryl methyl sites for hydroxylation is 2. The molecule has 1 aliphatic heterocycles. The third-order valence-corrected chi connectivity index (χ3v) is 4.90. The Labute approximate surface area is 156 Å². The number of pyridine rings is 1. The Balaban J connectivity index is 1.42. The minimum Gasteiger partial charge on any atom is -0.384 e. The van der Waals surface area contributed by atoms with Crippen LogP contribution in [0.15, 0.2) is 36.4 Å². The van der Waals surface area contributed by atoms with E-state index in [-0.39, 0.29) is 0 Å². The zero-order chi connectivity index (χ0) is 18.4. The van der Waals surface area contributed by atoms with Gasteiger partial charge in [-0.15, -0.1) is 0 Å². The SMILES string of the molecule is Cc1cc(NCCCN2CCN(c3ccccc3)CC2)c(C#N)c(C)n1. The molecular weight excluding hydrogens is 322 g/mol. The van der Waals surface area contributed by atoms with Gasteiger partial charge in [-0.1, -0.05) is 18.2 Å². The van der Waals surface area contributed by atoms with Crippen molar-refractivity contribution in [1.29, 1.82) is 5.26 Å². The molecule has 1 aromatic carbocycles. The van der Waals surface area contributed by atoms with Crippen molar-refractivity contribution in [1.82, 2.24) is 9.88 Å². The number of benzene rings is 1. The molecule has 1 N–H and O–H groups in total. The molecule has 0 unspecified atom stereocenters. The molecule has 26 heavy (non-hydrogen) atoms. The summed E-state index contributed by atoms with van der Waals surface area (Å²) in [5, 5.41) is 12.7. The van der Waals surface area contributed by atoms with Gasteiger partial charge in [0, 0.05) is 44.1 Å². The van der Waals surface area contributed by atoms with Crippen LogP contribution in [-0.2, 0) is 0 Å². The minimum atomic E-state index is 0.659. The van der Waals surface area contributed by atoms with Crippen LogP contribution in [0.5, 0.6) is 0 Å². The molecule has 0 amide bonds. The fourth-order valence-electron chi connectivity index (χ4n) is 3.50. The molecule has 0 radical (unpaired) electrons. The van der Waals surface area contributed by atoms with Crippen LogP contribution in [-0.4, -0.2) is 49.2 Å². The van der Waals surface area contributed by atoms with Crippen molar-refractivity contribution in [3.63, 3.8) is 0 Å². The number of hydrogen-bond donors (Lipinski definition) is 1.